The number of nitrogens with one attached hydrogen (secondary N) is 1. The Bertz CT molecular complexity index is 1340. The van der Waals surface area contributed by atoms with Crippen LogP contribution >= 0.6 is 23.1 Å². The number of amides is 1. The fourth-order valence-corrected chi connectivity index (χ4v) is 5.49. The number of thioether (sulfide) groups is 1. The summed E-state index contributed by atoms with van der Waals surface area (Å²) in [5, 5.41) is 12.8. The Morgan fingerprint density at radius 3 is 2.55 bits per heavy atom. The number of hydrogen-bond acceptors (Lipinski definition) is 8. The minimum atomic E-state index is -3.26. The first kappa shape index (κ1) is 21.5. The van der Waals surface area contributed by atoms with Crippen molar-refractivity contribution in [3.63, 3.8) is 0 Å². The average molecular weight is 474 g/mol. The van der Waals surface area contributed by atoms with Gasteiger partial charge in [0, 0.05) is 29.5 Å². The Labute approximate surface area is 187 Å². The normalized spacial score (nSPS) is 11.7. The van der Waals surface area contributed by atoms with Gasteiger partial charge in [0.1, 0.15) is 10.6 Å². The molecule has 0 aliphatic carbocycles. The molecule has 1 N–H and O–H groups in total. The van der Waals surface area contributed by atoms with E-state index >= 15 is 0 Å². The molecular weight excluding hydrogens is 454 g/mol. The van der Waals surface area contributed by atoms with Crippen molar-refractivity contribution in [1.82, 2.24) is 15.5 Å². The summed E-state index contributed by atoms with van der Waals surface area (Å²) in [4.78, 5) is 13.2. The number of carbonyl (C=O) groups is 1. The first-order valence-electron chi connectivity index (χ1n) is 9.32. The van der Waals surface area contributed by atoms with Crippen molar-refractivity contribution < 1.29 is 17.6 Å². The zero-order valence-corrected chi connectivity index (χ0v) is 19.2. The lowest BCUT2D eigenvalue weighted by atomic mass is 10.1. The molecule has 0 aliphatic rings. The Kier molecular flexibility index (Phi) is 6.12. The van der Waals surface area contributed by atoms with E-state index in [1.165, 1.54) is 35.2 Å². The van der Waals surface area contributed by atoms with Crippen LogP contribution in [0.4, 0.5) is 0 Å². The van der Waals surface area contributed by atoms with Crippen LogP contribution < -0.4 is 5.32 Å². The molecular formula is C21H19N3O4S3. The van der Waals surface area contributed by atoms with E-state index in [4.69, 9.17) is 4.42 Å². The van der Waals surface area contributed by atoms with E-state index in [2.05, 4.69) is 15.5 Å². The minimum Gasteiger partial charge on any atom is -0.451 e. The largest absolute Gasteiger partial charge is 0.451 e. The lowest BCUT2D eigenvalue weighted by Gasteiger charge is -2.06. The number of sulfone groups is 1. The van der Waals surface area contributed by atoms with Gasteiger partial charge in [0.15, 0.2) is 19.9 Å². The van der Waals surface area contributed by atoms with Crippen LogP contribution in [0, 0.1) is 6.92 Å². The first-order valence-corrected chi connectivity index (χ1v) is 13.0. The highest BCUT2D eigenvalue weighted by Crippen LogP contribution is 2.33. The van der Waals surface area contributed by atoms with Crippen LogP contribution in [-0.2, 0) is 22.1 Å². The highest BCUT2D eigenvalue weighted by molar-refractivity contribution is 8.00. The van der Waals surface area contributed by atoms with Gasteiger partial charge in [-0.05, 0) is 30.7 Å². The summed E-state index contributed by atoms with van der Waals surface area (Å²) in [6, 6.07) is 14.0. The number of fused-ring (bicyclic) bond motifs is 1. The molecule has 0 unspecified atom stereocenters. The summed E-state index contributed by atoms with van der Waals surface area (Å²) < 4.78 is 29.9. The molecule has 2 heterocycles. The van der Waals surface area contributed by atoms with Crippen LogP contribution in [0.2, 0.25) is 0 Å². The van der Waals surface area contributed by atoms with Gasteiger partial charge in [0.05, 0.1) is 4.90 Å². The second kappa shape index (κ2) is 8.81. The average Bonchev–Trinajstić information content (AvgIpc) is 3.33. The Hall–Kier alpha value is -2.69. The molecule has 31 heavy (non-hydrogen) atoms. The highest BCUT2D eigenvalue weighted by Gasteiger charge is 2.21. The van der Waals surface area contributed by atoms with Crippen molar-refractivity contribution in [2.75, 3.05) is 6.26 Å². The van der Waals surface area contributed by atoms with Gasteiger partial charge in [-0.1, -0.05) is 53.4 Å². The van der Waals surface area contributed by atoms with Crippen LogP contribution in [0.25, 0.3) is 11.0 Å². The molecule has 0 saturated carbocycles. The second-order valence-electron chi connectivity index (χ2n) is 6.88. The van der Waals surface area contributed by atoms with E-state index in [9.17, 15) is 13.2 Å². The van der Waals surface area contributed by atoms with Gasteiger partial charge in [0.25, 0.3) is 5.91 Å². The van der Waals surface area contributed by atoms with E-state index in [1.54, 1.807) is 12.1 Å². The smallest absolute Gasteiger partial charge is 0.287 e. The standard InChI is InChI=1S/C21H19N3O4S3/c1-13-23-24-21(30-13)29-12-17-16-5-3-4-6-18(16)28-19(17)20(25)22-11-14-7-9-15(10-8-14)31(2,26)27/h3-10H,11-12H2,1-2H3,(H,22,25). The van der Waals surface area contributed by atoms with E-state index in [0.29, 0.717) is 11.3 Å². The predicted molar refractivity (Wildman–Crippen MR) is 121 cm³/mol. The van der Waals surface area contributed by atoms with Crippen molar-refractivity contribution in [3.8, 4) is 0 Å². The summed E-state index contributed by atoms with van der Waals surface area (Å²) in [5.41, 5.74) is 2.24. The van der Waals surface area contributed by atoms with Crippen LogP contribution in [0.3, 0.4) is 0 Å². The molecule has 0 saturated heterocycles. The van der Waals surface area contributed by atoms with E-state index < -0.39 is 9.84 Å². The van der Waals surface area contributed by atoms with Crippen molar-refractivity contribution in [2.45, 2.75) is 28.5 Å². The van der Waals surface area contributed by atoms with Gasteiger partial charge in [-0.25, -0.2) is 8.42 Å². The third-order valence-corrected chi connectivity index (χ3v) is 7.68. The monoisotopic (exact) mass is 473 g/mol. The van der Waals surface area contributed by atoms with Crippen LogP contribution in [-0.4, -0.2) is 30.8 Å². The minimum absolute atomic E-state index is 0.242. The molecule has 1 amide bonds. The number of rotatable bonds is 7. The van der Waals surface area contributed by atoms with Crippen LogP contribution in [0.1, 0.15) is 26.7 Å². The first-order chi connectivity index (χ1) is 14.8. The number of carbonyl (C=O) groups excluding carboxylic acids is 1. The Morgan fingerprint density at radius 2 is 1.87 bits per heavy atom. The van der Waals surface area contributed by atoms with Crippen molar-refractivity contribution in [2.24, 2.45) is 0 Å². The SMILES string of the molecule is Cc1nnc(SCc2c(C(=O)NCc3ccc(S(C)(=O)=O)cc3)oc3ccccc23)s1. The molecule has 2 aromatic heterocycles. The van der Waals surface area contributed by atoms with Crippen molar-refractivity contribution >= 4 is 49.8 Å². The number of para-hydroxylation sites is 1. The van der Waals surface area contributed by atoms with Gasteiger partial charge >= 0.3 is 0 Å². The van der Waals surface area contributed by atoms with E-state index in [-0.39, 0.29) is 23.1 Å². The van der Waals surface area contributed by atoms with Crippen molar-refractivity contribution in [1.29, 1.82) is 0 Å². The molecule has 0 radical (unpaired) electrons. The predicted octanol–water partition coefficient (Wildman–Crippen LogP) is 4.22. The Balaban J connectivity index is 1.53. The van der Waals surface area contributed by atoms with Crippen LogP contribution in [0.15, 0.2) is 62.2 Å². The molecule has 10 heteroatoms. The molecule has 2 aromatic carbocycles. The fraction of sp³-hybridized carbons (Fsp3) is 0.190. The topological polar surface area (TPSA) is 102 Å². The van der Waals surface area contributed by atoms with Crippen molar-refractivity contribution in [3.05, 3.63) is 70.4 Å². The maximum Gasteiger partial charge on any atom is 0.287 e. The summed E-state index contributed by atoms with van der Waals surface area (Å²) in [5.74, 6) is 0.465. The zero-order chi connectivity index (χ0) is 22.0. The fourth-order valence-electron chi connectivity index (χ4n) is 3.01. The summed E-state index contributed by atoms with van der Waals surface area (Å²) >= 11 is 3.02. The quantitative estimate of drug-likeness (QED) is 0.401. The number of aryl methyl sites for hydroxylation is 1. The molecule has 0 fully saturated rings. The summed E-state index contributed by atoms with van der Waals surface area (Å²) in [6.07, 6.45) is 1.16. The molecule has 0 aliphatic heterocycles. The number of nitrogens with zero attached hydrogens (tertiary/aromatic N) is 2. The Morgan fingerprint density at radius 1 is 1.13 bits per heavy atom. The number of benzene rings is 2. The maximum atomic E-state index is 12.9. The third kappa shape index (κ3) is 4.97. The zero-order valence-electron chi connectivity index (χ0n) is 16.8. The van der Waals surface area contributed by atoms with Gasteiger partial charge in [-0.2, -0.15) is 0 Å². The van der Waals surface area contributed by atoms with Gasteiger partial charge < -0.3 is 9.73 Å². The molecule has 0 bridgehead atoms. The third-order valence-electron chi connectivity index (χ3n) is 4.56. The lowest BCUT2D eigenvalue weighted by molar-refractivity contribution is 0.0924. The van der Waals surface area contributed by atoms with E-state index in [1.807, 2.05) is 31.2 Å². The van der Waals surface area contributed by atoms with E-state index in [0.717, 1.165) is 32.1 Å². The second-order valence-corrected chi connectivity index (χ2v) is 11.3. The lowest BCUT2D eigenvalue weighted by Crippen LogP contribution is -2.23. The molecule has 4 aromatic rings. The summed E-state index contributed by atoms with van der Waals surface area (Å²) in [6.45, 7) is 2.15. The molecule has 7 nitrogen and oxygen atoms in total. The van der Waals surface area contributed by atoms with Gasteiger partial charge in [-0.15, -0.1) is 10.2 Å². The molecule has 4 rings (SSSR count). The number of furan rings is 1. The highest BCUT2D eigenvalue weighted by atomic mass is 32.2. The summed E-state index contributed by atoms with van der Waals surface area (Å²) in [7, 11) is -3.26. The molecule has 0 atom stereocenters. The van der Waals surface area contributed by atoms with Gasteiger partial charge in [-0.3, -0.25) is 4.79 Å². The maximum absolute atomic E-state index is 12.9. The number of hydrogen-bond donors (Lipinski definition) is 1. The van der Waals surface area contributed by atoms with Crippen LogP contribution in [0.5, 0.6) is 0 Å². The molecule has 160 valence electrons. The van der Waals surface area contributed by atoms with Gasteiger partial charge in [0.2, 0.25) is 0 Å². The number of aromatic nitrogens is 2. The molecule has 0 spiro atoms.